The van der Waals surface area contributed by atoms with Gasteiger partial charge in [-0.2, -0.15) is 5.26 Å². The lowest BCUT2D eigenvalue weighted by molar-refractivity contribution is 0.720. The second-order valence-electron chi connectivity index (χ2n) is 6.80. The van der Waals surface area contributed by atoms with Crippen molar-refractivity contribution in [1.29, 1.82) is 5.26 Å². The third-order valence-corrected chi connectivity index (χ3v) is 5.28. The molecule has 0 aliphatic carbocycles. The monoisotopic (exact) mass is 352 g/mol. The first-order valence-electron chi connectivity index (χ1n) is 8.92. The molecule has 1 N–H and O–H groups in total. The zero-order valence-corrected chi connectivity index (χ0v) is 14.6. The molecular weight excluding hydrogens is 336 g/mol. The van der Waals surface area contributed by atoms with E-state index in [-0.39, 0.29) is 5.43 Å². The summed E-state index contributed by atoms with van der Waals surface area (Å²) >= 11 is 0. The summed E-state index contributed by atoms with van der Waals surface area (Å²) in [5.74, 6) is 0.630. The molecule has 2 aromatic heterocycles. The van der Waals surface area contributed by atoms with E-state index in [9.17, 15) is 10.1 Å². The Morgan fingerprint density at radius 3 is 2.67 bits per heavy atom. The second-order valence-corrected chi connectivity index (χ2v) is 6.80. The fourth-order valence-electron chi connectivity index (χ4n) is 3.90. The molecule has 0 saturated heterocycles. The van der Waals surface area contributed by atoms with Crippen LogP contribution in [-0.2, 0) is 13.0 Å². The Morgan fingerprint density at radius 2 is 1.81 bits per heavy atom. The van der Waals surface area contributed by atoms with Crippen molar-refractivity contribution in [3.05, 3.63) is 81.6 Å². The first kappa shape index (κ1) is 15.6. The lowest BCUT2D eigenvalue weighted by atomic mass is 9.99. The molecule has 0 bridgehead atoms. The number of aromatic nitrogens is 2. The maximum absolute atomic E-state index is 12.8. The molecule has 2 aromatic carbocycles. The van der Waals surface area contributed by atoms with Crippen LogP contribution >= 0.6 is 0 Å². The van der Waals surface area contributed by atoms with Crippen molar-refractivity contribution >= 4 is 27.6 Å². The SMILES string of the molecule is N#Cc1c(N2CCc3ccccc3C2)ncc2c(=O)c3ccccc3[nH]c12. The fourth-order valence-corrected chi connectivity index (χ4v) is 3.90. The van der Waals surface area contributed by atoms with Crippen molar-refractivity contribution in [2.45, 2.75) is 13.0 Å². The van der Waals surface area contributed by atoms with Gasteiger partial charge in [-0.25, -0.2) is 4.98 Å². The lowest BCUT2D eigenvalue weighted by Crippen LogP contribution is -2.31. The Bertz CT molecular complexity index is 1300. The van der Waals surface area contributed by atoms with E-state index in [2.05, 4.69) is 39.1 Å². The minimum atomic E-state index is -0.0983. The molecule has 0 saturated carbocycles. The molecule has 5 heteroatoms. The Labute approximate surface area is 155 Å². The van der Waals surface area contributed by atoms with Gasteiger partial charge in [0.2, 0.25) is 0 Å². The van der Waals surface area contributed by atoms with E-state index in [0.29, 0.717) is 34.2 Å². The molecule has 0 unspecified atom stereocenters. The van der Waals surface area contributed by atoms with Crippen LogP contribution in [-0.4, -0.2) is 16.5 Å². The molecule has 0 radical (unpaired) electrons. The number of nitriles is 1. The van der Waals surface area contributed by atoms with E-state index in [1.807, 2.05) is 24.3 Å². The van der Waals surface area contributed by atoms with Gasteiger partial charge in [-0.1, -0.05) is 36.4 Å². The lowest BCUT2D eigenvalue weighted by Gasteiger charge is -2.30. The number of pyridine rings is 2. The van der Waals surface area contributed by atoms with Gasteiger partial charge in [-0.3, -0.25) is 4.79 Å². The number of hydrogen-bond donors (Lipinski definition) is 1. The highest BCUT2D eigenvalue weighted by atomic mass is 16.1. The minimum absolute atomic E-state index is 0.0983. The van der Waals surface area contributed by atoms with E-state index in [4.69, 9.17) is 0 Å². The van der Waals surface area contributed by atoms with Gasteiger partial charge < -0.3 is 9.88 Å². The van der Waals surface area contributed by atoms with Crippen molar-refractivity contribution in [3.8, 4) is 6.07 Å². The van der Waals surface area contributed by atoms with Crippen LogP contribution in [0.2, 0.25) is 0 Å². The number of rotatable bonds is 1. The maximum Gasteiger partial charge on any atom is 0.198 e. The smallest absolute Gasteiger partial charge is 0.198 e. The van der Waals surface area contributed by atoms with E-state index in [0.717, 1.165) is 18.5 Å². The summed E-state index contributed by atoms with van der Waals surface area (Å²) in [6.07, 6.45) is 2.51. The van der Waals surface area contributed by atoms with Crippen LogP contribution in [0, 0.1) is 11.3 Å². The normalized spacial score (nSPS) is 13.5. The van der Waals surface area contributed by atoms with Crippen molar-refractivity contribution in [1.82, 2.24) is 9.97 Å². The van der Waals surface area contributed by atoms with Crippen molar-refractivity contribution in [3.63, 3.8) is 0 Å². The van der Waals surface area contributed by atoms with Crippen LogP contribution < -0.4 is 10.3 Å². The number of fused-ring (bicyclic) bond motifs is 3. The topological polar surface area (TPSA) is 72.8 Å². The molecule has 1 aliphatic rings. The molecule has 130 valence electrons. The molecule has 0 fully saturated rings. The number of anilines is 1. The predicted octanol–water partition coefficient (Wildman–Crippen LogP) is 3.51. The van der Waals surface area contributed by atoms with Gasteiger partial charge in [-0.05, 0) is 29.7 Å². The van der Waals surface area contributed by atoms with Crippen LogP contribution in [0.15, 0.2) is 59.5 Å². The molecular formula is C22H16N4O. The van der Waals surface area contributed by atoms with Gasteiger partial charge >= 0.3 is 0 Å². The number of nitrogens with zero attached hydrogens (tertiary/aromatic N) is 3. The number of para-hydroxylation sites is 1. The average Bonchev–Trinajstić information content (AvgIpc) is 2.73. The highest BCUT2D eigenvalue weighted by Crippen LogP contribution is 2.29. The average molecular weight is 352 g/mol. The molecule has 5 rings (SSSR count). The largest absolute Gasteiger partial charge is 0.353 e. The summed E-state index contributed by atoms with van der Waals surface area (Å²) in [6, 6.07) is 18.0. The molecule has 0 spiro atoms. The molecule has 27 heavy (non-hydrogen) atoms. The Kier molecular flexibility index (Phi) is 3.44. The number of benzene rings is 2. The number of nitrogens with one attached hydrogen (secondary N) is 1. The Hall–Kier alpha value is -3.65. The van der Waals surface area contributed by atoms with Gasteiger partial charge in [0, 0.05) is 30.2 Å². The highest BCUT2D eigenvalue weighted by Gasteiger charge is 2.22. The summed E-state index contributed by atoms with van der Waals surface area (Å²) in [7, 11) is 0. The van der Waals surface area contributed by atoms with Crippen LogP contribution in [0.5, 0.6) is 0 Å². The molecule has 3 heterocycles. The fraction of sp³-hybridized carbons (Fsp3) is 0.136. The Morgan fingerprint density at radius 1 is 1.04 bits per heavy atom. The summed E-state index contributed by atoms with van der Waals surface area (Å²) < 4.78 is 0. The van der Waals surface area contributed by atoms with Crippen LogP contribution in [0.3, 0.4) is 0 Å². The molecule has 0 atom stereocenters. The summed E-state index contributed by atoms with van der Waals surface area (Å²) in [5, 5.41) is 10.9. The first-order valence-corrected chi connectivity index (χ1v) is 8.92. The van der Waals surface area contributed by atoms with Crippen LogP contribution in [0.4, 0.5) is 5.82 Å². The summed E-state index contributed by atoms with van der Waals surface area (Å²) in [5.41, 5.74) is 4.21. The van der Waals surface area contributed by atoms with Gasteiger partial charge in [0.15, 0.2) is 5.43 Å². The maximum atomic E-state index is 12.8. The van der Waals surface area contributed by atoms with Crippen molar-refractivity contribution in [2.24, 2.45) is 0 Å². The Balaban J connectivity index is 1.71. The quantitative estimate of drug-likeness (QED) is 0.532. The van der Waals surface area contributed by atoms with Gasteiger partial charge in [0.05, 0.1) is 10.9 Å². The number of H-pyrrole nitrogens is 1. The molecule has 4 aromatic rings. The minimum Gasteiger partial charge on any atom is -0.353 e. The van der Waals surface area contributed by atoms with E-state index in [1.165, 1.54) is 11.1 Å². The summed E-state index contributed by atoms with van der Waals surface area (Å²) in [4.78, 5) is 22.7. The molecule has 0 amide bonds. The van der Waals surface area contributed by atoms with Crippen molar-refractivity contribution in [2.75, 3.05) is 11.4 Å². The zero-order chi connectivity index (χ0) is 18.4. The molecule has 1 aliphatic heterocycles. The van der Waals surface area contributed by atoms with Gasteiger partial charge in [-0.15, -0.1) is 0 Å². The standard InChI is InChI=1S/C22H16N4O/c23-11-17-20-18(21(27)16-7-3-4-8-19(16)25-20)12-24-22(17)26-10-9-14-5-1-2-6-15(14)13-26/h1-8,12H,9-10,13H2,(H,25,27). The van der Waals surface area contributed by atoms with Crippen LogP contribution in [0.1, 0.15) is 16.7 Å². The predicted molar refractivity (Wildman–Crippen MR) is 106 cm³/mol. The van der Waals surface area contributed by atoms with Crippen molar-refractivity contribution < 1.29 is 0 Å². The number of hydrogen-bond acceptors (Lipinski definition) is 4. The third kappa shape index (κ3) is 2.38. The first-order chi connectivity index (χ1) is 13.3. The van der Waals surface area contributed by atoms with Gasteiger partial charge in [0.1, 0.15) is 17.5 Å². The van der Waals surface area contributed by atoms with E-state index < -0.39 is 0 Å². The summed E-state index contributed by atoms with van der Waals surface area (Å²) in [6.45, 7) is 1.50. The number of aromatic amines is 1. The van der Waals surface area contributed by atoms with E-state index >= 15 is 0 Å². The highest BCUT2D eigenvalue weighted by molar-refractivity contribution is 5.96. The van der Waals surface area contributed by atoms with Crippen LogP contribution in [0.25, 0.3) is 21.8 Å². The third-order valence-electron chi connectivity index (χ3n) is 5.28. The second kappa shape index (κ2) is 5.96. The molecule has 5 nitrogen and oxygen atoms in total. The van der Waals surface area contributed by atoms with E-state index in [1.54, 1.807) is 12.3 Å². The van der Waals surface area contributed by atoms with Gasteiger partial charge in [0.25, 0.3) is 0 Å². The zero-order valence-electron chi connectivity index (χ0n) is 14.6.